The minimum atomic E-state index is -0.482. The number of halogens is 2. The van der Waals surface area contributed by atoms with Crippen molar-refractivity contribution in [1.29, 1.82) is 0 Å². The van der Waals surface area contributed by atoms with Crippen molar-refractivity contribution in [2.24, 2.45) is 4.99 Å². The molecule has 0 atom stereocenters. The maximum absolute atomic E-state index is 13.5. The fourth-order valence-corrected chi connectivity index (χ4v) is 3.67. The van der Waals surface area contributed by atoms with E-state index in [0.717, 1.165) is 5.52 Å². The van der Waals surface area contributed by atoms with Crippen molar-refractivity contribution in [3.05, 3.63) is 70.3 Å². The Morgan fingerprint density at radius 2 is 2.20 bits per heavy atom. The first kappa shape index (κ1) is 17.4. The Morgan fingerprint density at radius 3 is 2.92 bits per heavy atom. The van der Waals surface area contributed by atoms with Crippen LogP contribution in [0.3, 0.4) is 0 Å². The summed E-state index contributed by atoms with van der Waals surface area (Å²) in [6.45, 7) is 4.17. The molecule has 2 aromatic carbocycles. The minimum absolute atomic E-state index is 0.267. The summed E-state index contributed by atoms with van der Waals surface area (Å²) in [5.74, 6) is -0.432. The van der Waals surface area contributed by atoms with E-state index in [1.807, 2.05) is 0 Å². The molecular weight excluding hydrogens is 363 g/mol. The van der Waals surface area contributed by atoms with Gasteiger partial charge in [0.15, 0.2) is 4.80 Å². The van der Waals surface area contributed by atoms with E-state index in [2.05, 4.69) is 11.6 Å². The van der Waals surface area contributed by atoms with Crippen LogP contribution in [0.5, 0.6) is 5.75 Å². The Bertz CT molecular complexity index is 1040. The number of fused-ring (bicyclic) bond motifs is 1. The van der Waals surface area contributed by atoms with Gasteiger partial charge in [-0.2, -0.15) is 4.99 Å². The summed E-state index contributed by atoms with van der Waals surface area (Å²) in [7, 11) is 1.47. The lowest BCUT2D eigenvalue weighted by Gasteiger charge is -2.05. The number of hydrogen-bond donors (Lipinski definition) is 0. The Labute approximate surface area is 152 Å². The molecule has 0 saturated carbocycles. The molecule has 3 aromatic rings. The summed E-state index contributed by atoms with van der Waals surface area (Å²) in [5, 5.41) is 0.414. The standard InChI is InChI=1S/C18H14ClFN2O2S/c1-3-8-22-14-6-5-12(20)10-16(14)25-18(22)21-17(23)13-9-11(19)4-7-15(13)24-2/h3-7,9-10H,1,8H2,2H3. The lowest BCUT2D eigenvalue weighted by molar-refractivity contribution is 0.0995. The van der Waals surface area contributed by atoms with Gasteiger partial charge in [0.25, 0.3) is 5.91 Å². The molecule has 1 amide bonds. The lowest BCUT2D eigenvalue weighted by atomic mass is 10.2. The summed E-state index contributed by atoms with van der Waals surface area (Å²) in [5.41, 5.74) is 1.06. The van der Waals surface area contributed by atoms with E-state index in [4.69, 9.17) is 16.3 Å². The fraction of sp³-hybridized carbons (Fsp3) is 0.111. The molecule has 0 spiro atoms. The second kappa shape index (κ2) is 7.21. The molecule has 0 unspecified atom stereocenters. The number of methoxy groups -OCH3 is 1. The molecule has 0 fully saturated rings. The number of rotatable bonds is 4. The number of carbonyl (C=O) groups excluding carboxylic acids is 1. The Balaban J connectivity index is 2.18. The zero-order valence-electron chi connectivity index (χ0n) is 13.3. The van der Waals surface area contributed by atoms with Crippen LogP contribution in [-0.2, 0) is 6.54 Å². The summed E-state index contributed by atoms with van der Waals surface area (Å²) in [6, 6.07) is 9.22. The monoisotopic (exact) mass is 376 g/mol. The van der Waals surface area contributed by atoms with Gasteiger partial charge in [-0.25, -0.2) is 4.39 Å². The Hall–Kier alpha value is -2.44. The van der Waals surface area contributed by atoms with Gasteiger partial charge in [-0.15, -0.1) is 6.58 Å². The molecule has 0 saturated heterocycles. The first-order valence-electron chi connectivity index (χ1n) is 7.36. The van der Waals surface area contributed by atoms with Crippen LogP contribution in [-0.4, -0.2) is 17.6 Å². The van der Waals surface area contributed by atoms with E-state index >= 15 is 0 Å². The average Bonchev–Trinajstić information content (AvgIpc) is 2.91. The van der Waals surface area contributed by atoms with Crippen LogP contribution in [0.2, 0.25) is 5.02 Å². The van der Waals surface area contributed by atoms with Crippen molar-refractivity contribution in [1.82, 2.24) is 4.57 Å². The van der Waals surface area contributed by atoms with Gasteiger partial charge < -0.3 is 9.30 Å². The number of carbonyl (C=O) groups is 1. The molecule has 0 aliphatic carbocycles. The van der Waals surface area contributed by atoms with Gasteiger partial charge in [0.1, 0.15) is 11.6 Å². The van der Waals surface area contributed by atoms with E-state index in [0.29, 0.717) is 26.8 Å². The largest absolute Gasteiger partial charge is 0.496 e. The first-order valence-corrected chi connectivity index (χ1v) is 8.55. The number of nitrogens with zero attached hydrogens (tertiary/aromatic N) is 2. The van der Waals surface area contributed by atoms with Crippen molar-refractivity contribution >= 4 is 39.1 Å². The van der Waals surface area contributed by atoms with Crippen LogP contribution >= 0.6 is 22.9 Å². The highest BCUT2D eigenvalue weighted by Crippen LogP contribution is 2.24. The number of ether oxygens (including phenoxy) is 1. The van der Waals surface area contributed by atoms with Crippen LogP contribution in [0, 0.1) is 5.82 Å². The zero-order chi connectivity index (χ0) is 18.0. The van der Waals surface area contributed by atoms with Gasteiger partial charge in [0.2, 0.25) is 0 Å². The number of benzene rings is 2. The number of hydrogen-bond acceptors (Lipinski definition) is 3. The van der Waals surface area contributed by atoms with Crippen LogP contribution in [0.1, 0.15) is 10.4 Å². The molecule has 128 valence electrons. The topological polar surface area (TPSA) is 43.6 Å². The second-order valence-corrected chi connectivity index (χ2v) is 6.60. The van der Waals surface area contributed by atoms with Crippen molar-refractivity contribution in [2.75, 3.05) is 7.11 Å². The number of thiazole rings is 1. The highest BCUT2D eigenvalue weighted by Gasteiger charge is 2.14. The predicted molar refractivity (Wildman–Crippen MR) is 97.9 cm³/mol. The average molecular weight is 377 g/mol. The SMILES string of the molecule is C=CCn1c(=NC(=O)c2cc(Cl)ccc2OC)sc2cc(F)ccc21. The van der Waals surface area contributed by atoms with Crippen LogP contribution in [0.4, 0.5) is 4.39 Å². The Morgan fingerprint density at radius 1 is 1.40 bits per heavy atom. The molecule has 0 bridgehead atoms. The fourth-order valence-electron chi connectivity index (χ4n) is 2.43. The van der Waals surface area contributed by atoms with Crippen molar-refractivity contribution in [2.45, 2.75) is 6.54 Å². The van der Waals surface area contributed by atoms with Gasteiger partial charge in [-0.1, -0.05) is 29.0 Å². The van der Waals surface area contributed by atoms with Crippen LogP contribution in [0.15, 0.2) is 54.0 Å². The summed E-state index contributed by atoms with van der Waals surface area (Å²) in [6.07, 6.45) is 1.69. The summed E-state index contributed by atoms with van der Waals surface area (Å²) >= 11 is 7.21. The number of aromatic nitrogens is 1. The molecule has 4 nitrogen and oxygen atoms in total. The third-order valence-corrected chi connectivity index (χ3v) is 4.82. The highest BCUT2D eigenvalue weighted by atomic mass is 35.5. The minimum Gasteiger partial charge on any atom is -0.496 e. The van der Waals surface area contributed by atoms with Crippen molar-refractivity contribution in [3.8, 4) is 5.75 Å². The third kappa shape index (κ3) is 3.50. The van der Waals surface area contributed by atoms with E-state index in [-0.39, 0.29) is 11.4 Å². The first-order chi connectivity index (χ1) is 12.0. The Kier molecular flexibility index (Phi) is 5.01. The van der Waals surface area contributed by atoms with Crippen LogP contribution in [0.25, 0.3) is 10.2 Å². The smallest absolute Gasteiger partial charge is 0.283 e. The van der Waals surface area contributed by atoms with E-state index in [9.17, 15) is 9.18 Å². The van der Waals surface area contributed by atoms with Gasteiger partial charge in [-0.05, 0) is 36.4 Å². The number of amides is 1. The van der Waals surface area contributed by atoms with Gasteiger partial charge in [-0.3, -0.25) is 4.79 Å². The maximum atomic E-state index is 13.5. The molecule has 0 aliphatic rings. The normalized spacial score (nSPS) is 11.7. The maximum Gasteiger partial charge on any atom is 0.283 e. The third-order valence-electron chi connectivity index (χ3n) is 3.55. The van der Waals surface area contributed by atoms with Crippen molar-refractivity contribution in [3.63, 3.8) is 0 Å². The van der Waals surface area contributed by atoms with Crippen molar-refractivity contribution < 1.29 is 13.9 Å². The molecular formula is C18H14ClFN2O2S. The summed E-state index contributed by atoms with van der Waals surface area (Å²) in [4.78, 5) is 17.3. The van der Waals surface area contributed by atoms with E-state index < -0.39 is 5.91 Å². The predicted octanol–water partition coefficient (Wildman–Crippen LogP) is 4.43. The van der Waals surface area contributed by atoms with Gasteiger partial charge >= 0.3 is 0 Å². The molecule has 7 heteroatoms. The number of allylic oxidation sites excluding steroid dienone is 1. The molecule has 1 aromatic heterocycles. The molecule has 25 heavy (non-hydrogen) atoms. The zero-order valence-corrected chi connectivity index (χ0v) is 14.9. The van der Waals surface area contributed by atoms with Crippen LogP contribution < -0.4 is 9.54 Å². The quantitative estimate of drug-likeness (QED) is 0.632. The van der Waals surface area contributed by atoms with E-state index in [1.54, 1.807) is 28.8 Å². The summed E-state index contributed by atoms with van der Waals surface area (Å²) < 4.78 is 21.2. The molecule has 0 radical (unpaired) electrons. The molecule has 3 rings (SSSR count). The van der Waals surface area contributed by atoms with E-state index in [1.165, 1.54) is 36.6 Å². The highest BCUT2D eigenvalue weighted by molar-refractivity contribution is 7.16. The molecule has 0 aliphatic heterocycles. The second-order valence-electron chi connectivity index (χ2n) is 5.16. The molecule has 0 N–H and O–H groups in total. The van der Waals surface area contributed by atoms with Gasteiger partial charge in [0.05, 0.1) is 22.9 Å². The molecule has 1 heterocycles. The lowest BCUT2D eigenvalue weighted by Crippen LogP contribution is -2.16. The van der Waals surface area contributed by atoms with Gasteiger partial charge in [0, 0.05) is 11.6 Å².